The fraction of sp³-hybridized carbons (Fsp3) is 0.211. The first kappa shape index (κ1) is 18.4. The van der Waals surface area contributed by atoms with Crippen molar-refractivity contribution in [3.05, 3.63) is 65.2 Å². The van der Waals surface area contributed by atoms with Gasteiger partial charge in [0.25, 0.3) is 11.8 Å². The van der Waals surface area contributed by atoms with E-state index in [9.17, 15) is 14.4 Å². The number of anilines is 1. The zero-order valence-corrected chi connectivity index (χ0v) is 14.9. The molecule has 2 aromatic rings. The van der Waals surface area contributed by atoms with Crippen molar-refractivity contribution in [2.45, 2.75) is 19.0 Å². The van der Waals surface area contributed by atoms with Crippen LogP contribution in [0.25, 0.3) is 0 Å². The molecule has 1 atom stereocenters. The second kappa shape index (κ2) is 7.88. The lowest BCUT2D eigenvalue weighted by molar-refractivity contribution is -0.121. The molecule has 8 heteroatoms. The molecule has 27 heavy (non-hydrogen) atoms. The Morgan fingerprint density at radius 2 is 1.89 bits per heavy atom. The van der Waals surface area contributed by atoms with Crippen molar-refractivity contribution in [2.75, 3.05) is 12.5 Å². The summed E-state index contributed by atoms with van der Waals surface area (Å²) in [5.41, 5.74) is 5.49. The maximum Gasteiger partial charge on any atom is 0.325 e. The number of hydrogen-bond donors (Lipinski definition) is 4. The number of carbonyl (C=O) groups excluding carboxylic acids is 3. The summed E-state index contributed by atoms with van der Waals surface area (Å²) in [5, 5.41) is 4.93. The van der Waals surface area contributed by atoms with Gasteiger partial charge in [0, 0.05) is 31.3 Å². The Hall–Kier alpha value is -3.39. The molecule has 1 fully saturated rings. The van der Waals surface area contributed by atoms with Crippen LogP contribution < -0.4 is 21.9 Å². The molecule has 3 rings (SSSR count). The van der Waals surface area contributed by atoms with Gasteiger partial charge >= 0.3 is 6.03 Å². The molecule has 0 aromatic heterocycles. The van der Waals surface area contributed by atoms with Crippen LogP contribution in [0.2, 0.25) is 0 Å². The van der Waals surface area contributed by atoms with Crippen LogP contribution >= 0.6 is 0 Å². The maximum absolute atomic E-state index is 12.3. The van der Waals surface area contributed by atoms with Gasteiger partial charge in [-0.15, -0.1) is 0 Å². The topological polar surface area (TPSA) is 117 Å². The van der Waals surface area contributed by atoms with Gasteiger partial charge in [-0.3, -0.25) is 20.7 Å². The van der Waals surface area contributed by atoms with Gasteiger partial charge in [0.1, 0.15) is 6.04 Å². The van der Waals surface area contributed by atoms with Gasteiger partial charge in [0.2, 0.25) is 0 Å². The number of rotatable bonds is 6. The van der Waals surface area contributed by atoms with E-state index in [2.05, 4.69) is 16.1 Å². The van der Waals surface area contributed by atoms with Crippen LogP contribution in [0, 0.1) is 0 Å². The van der Waals surface area contributed by atoms with Gasteiger partial charge in [-0.2, -0.15) is 0 Å². The van der Waals surface area contributed by atoms with Crippen LogP contribution in [0.15, 0.2) is 48.5 Å². The third-order valence-electron chi connectivity index (χ3n) is 4.49. The standard InChI is InChI=1S/C19H21N5O3/c1-21-17(25)14-4-2-3-13(9-14)11-24-16(18(26)22-19(24)27)10-12-5-7-15(23-20)8-6-12/h2-9,16,23H,10-11,20H2,1H3,(H,21,25)(H,22,26,27). The molecule has 8 nitrogen and oxygen atoms in total. The molecule has 0 aliphatic carbocycles. The lowest BCUT2D eigenvalue weighted by atomic mass is 10.0. The third-order valence-corrected chi connectivity index (χ3v) is 4.49. The van der Waals surface area contributed by atoms with Gasteiger partial charge in [0.05, 0.1) is 0 Å². The molecule has 1 aliphatic heterocycles. The fourth-order valence-corrected chi connectivity index (χ4v) is 3.04. The van der Waals surface area contributed by atoms with E-state index < -0.39 is 12.1 Å². The molecule has 0 bridgehead atoms. The summed E-state index contributed by atoms with van der Waals surface area (Å²) >= 11 is 0. The predicted molar refractivity (Wildman–Crippen MR) is 101 cm³/mol. The van der Waals surface area contributed by atoms with E-state index in [0.29, 0.717) is 12.0 Å². The summed E-state index contributed by atoms with van der Waals surface area (Å²) < 4.78 is 0. The van der Waals surface area contributed by atoms with E-state index in [4.69, 9.17) is 5.84 Å². The number of imide groups is 1. The lowest BCUT2D eigenvalue weighted by Crippen LogP contribution is -2.36. The van der Waals surface area contributed by atoms with Gasteiger partial charge < -0.3 is 15.6 Å². The summed E-state index contributed by atoms with van der Waals surface area (Å²) in [4.78, 5) is 37.8. The van der Waals surface area contributed by atoms with E-state index in [1.165, 1.54) is 4.90 Å². The fourth-order valence-electron chi connectivity index (χ4n) is 3.04. The Balaban J connectivity index is 1.78. The minimum absolute atomic E-state index is 0.205. The quantitative estimate of drug-likeness (QED) is 0.345. The number of nitrogens with one attached hydrogen (secondary N) is 3. The van der Waals surface area contributed by atoms with E-state index in [1.54, 1.807) is 37.4 Å². The number of nitrogens with zero attached hydrogens (tertiary/aromatic N) is 1. The Bertz CT molecular complexity index is 866. The first-order chi connectivity index (χ1) is 13.0. The monoisotopic (exact) mass is 367 g/mol. The maximum atomic E-state index is 12.3. The third kappa shape index (κ3) is 4.06. The van der Waals surface area contributed by atoms with Crippen LogP contribution in [-0.4, -0.2) is 35.8 Å². The summed E-state index contributed by atoms with van der Waals surface area (Å²) in [6.07, 6.45) is 0.386. The van der Waals surface area contributed by atoms with E-state index in [1.807, 2.05) is 18.2 Å². The highest BCUT2D eigenvalue weighted by Crippen LogP contribution is 2.19. The molecule has 1 saturated heterocycles. The number of carbonyl (C=O) groups is 3. The molecule has 2 aromatic carbocycles. The molecule has 5 N–H and O–H groups in total. The van der Waals surface area contributed by atoms with Gasteiger partial charge in [-0.25, -0.2) is 4.79 Å². The smallest absolute Gasteiger partial charge is 0.325 e. The average Bonchev–Trinajstić information content (AvgIpc) is 2.95. The Morgan fingerprint density at radius 3 is 2.56 bits per heavy atom. The van der Waals surface area contributed by atoms with Crippen molar-refractivity contribution in [2.24, 2.45) is 5.84 Å². The number of amides is 4. The summed E-state index contributed by atoms with van der Waals surface area (Å²) in [6.45, 7) is 0.232. The van der Waals surface area contributed by atoms with E-state index in [0.717, 1.165) is 16.8 Å². The molecule has 0 spiro atoms. The summed E-state index contributed by atoms with van der Waals surface area (Å²) in [7, 11) is 1.56. The van der Waals surface area contributed by atoms with Crippen LogP contribution in [0.3, 0.4) is 0 Å². The molecule has 4 amide bonds. The van der Waals surface area contributed by atoms with Crippen LogP contribution in [0.1, 0.15) is 21.5 Å². The van der Waals surface area contributed by atoms with Crippen molar-refractivity contribution < 1.29 is 14.4 Å². The van der Waals surface area contributed by atoms with Crippen molar-refractivity contribution in [3.8, 4) is 0 Å². The van der Waals surface area contributed by atoms with Gasteiger partial charge in [0.15, 0.2) is 0 Å². The Morgan fingerprint density at radius 1 is 1.15 bits per heavy atom. The number of benzene rings is 2. The number of nitrogen functional groups attached to an aromatic ring is 1. The zero-order valence-electron chi connectivity index (χ0n) is 14.9. The minimum Gasteiger partial charge on any atom is -0.355 e. The number of hydrogen-bond acceptors (Lipinski definition) is 5. The Kier molecular flexibility index (Phi) is 5.37. The molecule has 0 radical (unpaired) electrons. The van der Waals surface area contributed by atoms with Crippen molar-refractivity contribution >= 4 is 23.5 Å². The van der Waals surface area contributed by atoms with Crippen molar-refractivity contribution in [1.82, 2.24) is 15.5 Å². The number of urea groups is 1. The van der Waals surface area contributed by atoms with Crippen LogP contribution in [0.5, 0.6) is 0 Å². The van der Waals surface area contributed by atoms with E-state index in [-0.39, 0.29) is 18.4 Å². The second-order valence-electron chi connectivity index (χ2n) is 6.26. The zero-order chi connectivity index (χ0) is 19.4. The van der Waals surface area contributed by atoms with Crippen molar-refractivity contribution in [1.29, 1.82) is 0 Å². The van der Waals surface area contributed by atoms with E-state index >= 15 is 0 Å². The van der Waals surface area contributed by atoms with Crippen LogP contribution in [0.4, 0.5) is 10.5 Å². The molecule has 0 saturated carbocycles. The van der Waals surface area contributed by atoms with Gasteiger partial charge in [-0.1, -0.05) is 24.3 Å². The molecular weight excluding hydrogens is 346 g/mol. The number of hydrazine groups is 1. The molecule has 1 unspecified atom stereocenters. The molecule has 1 aliphatic rings. The number of nitrogens with two attached hydrogens (primary N) is 1. The first-order valence-corrected chi connectivity index (χ1v) is 8.50. The molecule has 1 heterocycles. The van der Waals surface area contributed by atoms with Crippen molar-refractivity contribution in [3.63, 3.8) is 0 Å². The average molecular weight is 367 g/mol. The second-order valence-corrected chi connectivity index (χ2v) is 6.26. The molecule has 140 valence electrons. The van der Waals surface area contributed by atoms with Gasteiger partial charge in [-0.05, 0) is 35.4 Å². The highest BCUT2D eigenvalue weighted by molar-refractivity contribution is 6.04. The first-order valence-electron chi connectivity index (χ1n) is 8.50. The summed E-state index contributed by atoms with van der Waals surface area (Å²) in [6, 6.07) is 13.3. The normalized spacial score (nSPS) is 16.2. The van der Waals surface area contributed by atoms with Crippen LogP contribution in [-0.2, 0) is 17.8 Å². The lowest BCUT2D eigenvalue weighted by Gasteiger charge is -2.22. The highest BCUT2D eigenvalue weighted by Gasteiger charge is 2.38. The highest BCUT2D eigenvalue weighted by atomic mass is 16.2. The molecular formula is C19H21N5O3. The SMILES string of the molecule is CNC(=O)c1cccc(CN2C(=O)NC(=O)C2Cc2ccc(NN)cc2)c1. The minimum atomic E-state index is -0.613. The predicted octanol–water partition coefficient (Wildman–Crippen LogP) is 0.995. The summed E-state index contributed by atoms with van der Waals surface area (Å²) in [5.74, 6) is 4.82. The Labute approximate surface area is 156 Å². The largest absolute Gasteiger partial charge is 0.355 e.